The molecule has 0 spiro atoms. The third kappa shape index (κ3) is 11.4. The Hall–Kier alpha value is 1.32. The first-order valence-electron chi connectivity index (χ1n) is 16.1. The van der Waals surface area contributed by atoms with Gasteiger partial charge in [0.25, 0.3) is 0 Å². The van der Waals surface area contributed by atoms with E-state index in [0.717, 1.165) is 22.6 Å². The standard InChI is InChI=1S/2C17H26P.2ClH.Fe.Pd/c2*1-3-9-15(10-4-1)18(17-13-7-8-14-17)16-11-5-2-6-12-16;;;;/h2*7-8,13-16H,1-6,9-12H2;2*1H;;/q2*-1;;;2*+2/p-2. The summed E-state index contributed by atoms with van der Waals surface area (Å²) in [5.41, 5.74) is 4.22. The SMILES string of the molecule is [Cl][Pd][Cl].[Fe+2].c1cc[c-](P(C2CCCCC2)C2CCCCC2)c1.c1cc[c-](P(C2CCCCC2)C2CCCCC2)c1. The van der Waals surface area contributed by atoms with Gasteiger partial charge in [0.05, 0.1) is 0 Å². The fourth-order valence-corrected chi connectivity index (χ4v) is 15.5. The minimum atomic E-state index is -0.106. The van der Waals surface area contributed by atoms with E-state index in [1.807, 2.05) is 0 Å². The molecule has 0 radical (unpaired) electrons. The van der Waals surface area contributed by atoms with Gasteiger partial charge in [-0.1, -0.05) is 77.0 Å². The molecule has 4 aliphatic rings. The molecule has 0 saturated heterocycles. The molecule has 6 heteroatoms. The Balaban J connectivity index is 0.000000197. The predicted octanol–water partition coefficient (Wildman–Crippen LogP) is 11.7. The zero-order chi connectivity index (χ0) is 27.1. The Bertz CT molecular complexity index is 731. The molecule has 2 aromatic rings. The molecule has 0 aromatic heterocycles. The summed E-state index contributed by atoms with van der Waals surface area (Å²) >= 11 is -0.106. The van der Waals surface area contributed by atoms with Crippen LogP contribution in [0.1, 0.15) is 128 Å². The summed E-state index contributed by atoms with van der Waals surface area (Å²) in [6.07, 6.45) is 30.1. The smallest absolute Gasteiger partial charge is 0.213 e. The summed E-state index contributed by atoms with van der Waals surface area (Å²) in [5.74, 6) is 0. The fourth-order valence-electron chi connectivity index (χ4n) is 7.95. The average Bonchev–Trinajstić information content (AvgIpc) is 3.72. The second kappa shape index (κ2) is 21.1. The van der Waals surface area contributed by atoms with Crippen LogP contribution in [0.2, 0.25) is 0 Å². The number of hydrogen-bond acceptors (Lipinski definition) is 0. The van der Waals surface area contributed by atoms with Crippen LogP contribution in [-0.4, -0.2) is 22.6 Å². The molecule has 6 rings (SSSR count). The van der Waals surface area contributed by atoms with Crippen molar-refractivity contribution in [1.29, 1.82) is 0 Å². The van der Waals surface area contributed by atoms with Crippen molar-refractivity contribution < 1.29 is 33.0 Å². The third-order valence-corrected chi connectivity index (χ3v) is 16.8. The second-order valence-corrected chi connectivity index (χ2v) is 20.3. The van der Waals surface area contributed by atoms with E-state index in [1.165, 1.54) is 128 Å². The molecule has 0 nitrogen and oxygen atoms in total. The maximum absolute atomic E-state index is 4.81. The fraction of sp³-hybridized carbons (Fsp3) is 0.706. The summed E-state index contributed by atoms with van der Waals surface area (Å²) in [5, 5.41) is 3.45. The number of halogens is 2. The van der Waals surface area contributed by atoms with Gasteiger partial charge in [0.2, 0.25) is 0 Å². The Morgan fingerprint density at radius 2 is 0.625 bits per heavy atom. The van der Waals surface area contributed by atoms with E-state index in [0.29, 0.717) is 0 Å². The Morgan fingerprint density at radius 3 is 0.825 bits per heavy atom. The van der Waals surface area contributed by atoms with Gasteiger partial charge in [0.15, 0.2) is 0 Å². The Kier molecular flexibility index (Phi) is 18.9. The molecule has 4 fully saturated rings. The monoisotopic (exact) mass is 754 g/mol. The van der Waals surface area contributed by atoms with Crippen LogP contribution in [0, 0.1) is 0 Å². The van der Waals surface area contributed by atoms with Gasteiger partial charge >= 0.3 is 52.1 Å². The Morgan fingerprint density at radius 1 is 0.425 bits per heavy atom. The van der Waals surface area contributed by atoms with Crippen molar-refractivity contribution in [2.24, 2.45) is 0 Å². The summed E-state index contributed by atoms with van der Waals surface area (Å²) in [7, 11) is 9.92. The van der Waals surface area contributed by atoms with Crippen LogP contribution in [0.4, 0.5) is 0 Å². The van der Waals surface area contributed by atoms with Crippen LogP contribution in [-0.2, 0) is 33.0 Å². The first kappa shape index (κ1) is 35.8. The van der Waals surface area contributed by atoms with Gasteiger partial charge in [-0.15, -0.1) is 26.5 Å². The van der Waals surface area contributed by atoms with Gasteiger partial charge in [-0.3, -0.25) is 0 Å². The summed E-state index contributed by atoms with van der Waals surface area (Å²) in [6, 6.07) is 18.7. The average molecular weight is 756 g/mol. The molecular formula is C34H52Cl2FeP2Pd. The maximum Gasteiger partial charge on any atom is 2.00 e. The van der Waals surface area contributed by atoms with Crippen molar-refractivity contribution in [2.75, 3.05) is 0 Å². The molecule has 40 heavy (non-hydrogen) atoms. The summed E-state index contributed by atoms with van der Waals surface area (Å²) in [4.78, 5) is 0. The first-order chi connectivity index (χ1) is 19.3. The molecule has 0 unspecified atom stereocenters. The molecule has 4 saturated carbocycles. The summed E-state index contributed by atoms with van der Waals surface area (Å²) < 4.78 is 0. The minimum Gasteiger partial charge on any atom is -0.213 e. The van der Waals surface area contributed by atoms with Crippen LogP contribution in [0.5, 0.6) is 0 Å². The van der Waals surface area contributed by atoms with E-state index in [2.05, 4.69) is 48.5 Å². The molecule has 0 bridgehead atoms. The van der Waals surface area contributed by atoms with Gasteiger partial charge in [0.1, 0.15) is 0 Å². The van der Waals surface area contributed by atoms with Gasteiger partial charge in [-0.05, 0) is 74.0 Å². The topological polar surface area (TPSA) is 0 Å². The van der Waals surface area contributed by atoms with Gasteiger partial charge in [0, 0.05) is 0 Å². The normalized spacial score (nSPS) is 21.8. The molecule has 2 aromatic carbocycles. The van der Waals surface area contributed by atoms with Crippen molar-refractivity contribution >= 4 is 45.5 Å². The predicted molar refractivity (Wildman–Crippen MR) is 176 cm³/mol. The largest absolute Gasteiger partial charge is 2.00 e. The molecule has 0 aliphatic heterocycles. The Labute approximate surface area is 276 Å². The maximum atomic E-state index is 4.81. The quantitative estimate of drug-likeness (QED) is 0.156. The van der Waals surface area contributed by atoms with Gasteiger partial charge < -0.3 is 0 Å². The van der Waals surface area contributed by atoms with E-state index in [9.17, 15) is 0 Å². The molecule has 230 valence electrons. The van der Waals surface area contributed by atoms with Crippen LogP contribution in [0.3, 0.4) is 0 Å². The van der Waals surface area contributed by atoms with E-state index >= 15 is 0 Å². The van der Waals surface area contributed by atoms with E-state index < -0.39 is 0 Å². The van der Waals surface area contributed by atoms with Crippen molar-refractivity contribution in [3.63, 3.8) is 0 Å². The molecule has 0 N–H and O–H groups in total. The van der Waals surface area contributed by atoms with Crippen molar-refractivity contribution in [3.05, 3.63) is 48.5 Å². The third-order valence-electron chi connectivity index (χ3n) is 9.76. The van der Waals surface area contributed by atoms with Crippen LogP contribution < -0.4 is 10.6 Å². The van der Waals surface area contributed by atoms with Crippen molar-refractivity contribution in [3.8, 4) is 0 Å². The zero-order valence-electron chi connectivity index (χ0n) is 24.4. The zero-order valence-corrected chi connectivity index (χ0v) is 30.3. The first-order valence-corrected chi connectivity index (χ1v) is 23.1. The number of hydrogen-bond donors (Lipinski definition) is 0. The molecule has 0 heterocycles. The van der Waals surface area contributed by atoms with Gasteiger partial charge in [-0.25, -0.2) is 24.3 Å². The summed E-state index contributed by atoms with van der Waals surface area (Å²) in [6.45, 7) is 0. The second-order valence-electron chi connectivity index (χ2n) is 12.3. The molecule has 0 atom stereocenters. The molecule has 4 aliphatic carbocycles. The van der Waals surface area contributed by atoms with Crippen LogP contribution in [0.15, 0.2) is 48.5 Å². The van der Waals surface area contributed by atoms with Gasteiger partial charge in [-0.2, -0.15) is 24.3 Å². The van der Waals surface area contributed by atoms with Crippen LogP contribution >= 0.6 is 34.9 Å². The van der Waals surface area contributed by atoms with Crippen molar-refractivity contribution in [2.45, 2.75) is 151 Å². The van der Waals surface area contributed by atoms with Crippen molar-refractivity contribution in [1.82, 2.24) is 0 Å². The molecule has 0 amide bonds. The molecular weight excluding hydrogens is 703 g/mol. The van der Waals surface area contributed by atoms with Crippen LogP contribution in [0.25, 0.3) is 0 Å². The van der Waals surface area contributed by atoms with E-state index in [4.69, 9.17) is 19.1 Å². The van der Waals surface area contributed by atoms with E-state index in [1.54, 1.807) is 10.6 Å². The van der Waals surface area contributed by atoms with E-state index in [-0.39, 0.29) is 48.9 Å². The minimum absolute atomic E-state index is 0. The number of rotatable bonds is 6.